The van der Waals surface area contributed by atoms with Crippen molar-refractivity contribution in [1.29, 1.82) is 0 Å². The van der Waals surface area contributed by atoms with Crippen LogP contribution in [0, 0.1) is 0 Å². The van der Waals surface area contributed by atoms with E-state index >= 15 is 0 Å². The van der Waals surface area contributed by atoms with E-state index < -0.39 is 27.8 Å². The van der Waals surface area contributed by atoms with E-state index in [1.807, 2.05) is 121 Å². The highest BCUT2D eigenvalue weighted by atomic mass is 31.1. The van der Waals surface area contributed by atoms with Crippen LogP contribution >= 0.6 is 15.8 Å². The quantitative estimate of drug-likeness (QED) is 0.238. The predicted octanol–water partition coefficient (Wildman–Crippen LogP) is 4.55. The summed E-state index contributed by atoms with van der Waals surface area (Å²) >= 11 is 0. The molecule has 0 spiro atoms. The molecule has 3 nitrogen and oxygen atoms in total. The second kappa shape index (κ2) is 9.63. The first-order chi connectivity index (χ1) is 16.2. The molecule has 0 bridgehead atoms. The third-order valence-electron chi connectivity index (χ3n) is 5.30. The Morgan fingerprint density at radius 3 is 0.879 bits per heavy atom. The van der Waals surface area contributed by atoms with Gasteiger partial charge in [-0.2, -0.15) is 0 Å². The predicted molar refractivity (Wildman–Crippen MR) is 136 cm³/mol. The Labute approximate surface area is 195 Å². The minimum atomic E-state index is -1.27. The standard InChI is InChI=1S/C28H20O3P2/c29-27-25(32(21-13-5-1-6-14-21)22-15-7-2-8-16-22)26(28(30)31-27)33(23-17-9-3-10-18-23)24-19-11-4-12-20-24/h1-20H. The van der Waals surface area contributed by atoms with Crippen molar-refractivity contribution in [3.63, 3.8) is 0 Å². The first-order valence-corrected chi connectivity index (χ1v) is 13.2. The van der Waals surface area contributed by atoms with Gasteiger partial charge in [0.25, 0.3) is 0 Å². The Bertz CT molecular complexity index is 1120. The molecule has 4 aromatic carbocycles. The van der Waals surface area contributed by atoms with Crippen LogP contribution in [0.25, 0.3) is 0 Å². The van der Waals surface area contributed by atoms with E-state index in [0.717, 1.165) is 21.2 Å². The number of hydrogen-bond donors (Lipinski definition) is 0. The number of benzene rings is 4. The highest BCUT2D eigenvalue weighted by molar-refractivity contribution is 7.82. The fourth-order valence-electron chi connectivity index (χ4n) is 3.89. The maximum absolute atomic E-state index is 13.3. The number of carbonyl (C=O) groups is 2. The smallest absolute Gasteiger partial charge is 0.348 e. The number of cyclic esters (lactones) is 2. The fourth-order valence-corrected chi connectivity index (χ4v) is 9.06. The molecule has 33 heavy (non-hydrogen) atoms. The first-order valence-electron chi connectivity index (χ1n) is 10.6. The van der Waals surface area contributed by atoms with Crippen molar-refractivity contribution in [3.05, 3.63) is 132 Å². The van der Waals surface area contributed by atoms with Gasteiger partial charge in [-0.15, -0.1) is 0 Å². The van der Waals surface area contributed by atoms with Gasteiger partial charge in [-0.3, -0.25) is 0 Å². The third kappa shape index (κ3) is 4.31. The topological polar surface area (TPSA) is 43.4 Å². The zero-order chi connectivity index (χ0) is 22.6. The Balaban J connectivity index is 1.80. The van der Waals surface area contributed by atoms with Crippen LogP contribution in [0.1, 0.15) is 0 Å². The lowest BCUT2D eigenvalue weighted by atomic mass is 10.4. The Hall–Kier alpha value is -3.38. The highest BCUT2D eigenvalue weighted by Gasteiger charge is 2.43. The van der Waals surface area contributed by atoms with Crippen LogP contribution in [-0.4, -0.2) is 11.9 Å². The van der Waals surface area contributed by atoms with Gasteiger partial charge in [-0.05, 0) is 37.1 Å². The maximum Gasteiger partial charge on any atom is 0.348 e. The van der Waals surface area contributed by atoms with Crippen molar-refractivity contribution in [2.75, 3.05) is 0 Å². The first kappa shape index (κ1) is 21.5. The third-order valence-corrected chi connectivity index (χ3v) is 10.4. The maximum atomic E-state index is 13.3. The molecule has 4 aromatic rings. The molecule has 0 saturated heterocycles. The molecule has 0 saturated carbocycles. The molecule has 1 aliphatic rings. The second-order valence-electron chi connectivity index (χ2n) is 7.39. The summed E-state index contributed by atoms with van der Waals surface area (Å²) in [6.45, 7) is 0. The normalized spacial score (nSPS) is 13.6. The van der Waals surface area contributed by atoms with Crippen LogP contribution < -0.4 is 21.2 Å². The van der Waals surface area contributed by atoms with Crippen molar-refractivity contribution >= 4 is 49.0 Å². The van der Waals surface area contributed by atoms with Gasteiger partial charge in [0, 0.05) is 0 Å². The largest absolute Gasteiger partial charge is 0.386 e. The molecule has 1 aliphatic heterocycles. The number of ether oxygens (including phenoxy) is 1. The molecular weight excluding hydrogens is 446 g/mol. The van der Waals surface area contributed by atoms with Crippen LogP contribution in [0.5, 0.6) is 0 Å². The van der Waals surface area contributed by atoms with Gasteiger partial charge in [0.2, 0.25) is 0 Å². The Kier molecular flexibility index (Phi) is 6.26. The van der Waals surface area contributed by atoms with E-state index in [4.69, 9.17) is 4.74 Å². The number of esters is 2. The lowest BCUT2D eigenvalue weighted by molar-refractivity contribution is -0.150. The van der Waals surface area contributed by atoms with Crippen LogP contribution in [0.3, 0.4) is 0 Å². The Morgan fingerprint density at radius 2 is 0.636 bits per heavy atom. The summed E-state index contributed by atoms with van der Waals surface area (Å²) in [6, 6.07) is 39.7. The van der Waals surface area contributed by atoms with Gasteiger partial charge in [-0.25, -0.2) is 9.59 Å². The van der Waals surface area contributed by atoms with E-state index in [9.17, 15) is 9.59 Å². The number of rotatable bonds is 6. The van der Waals surface area contributed by atoms with E-state index in [0.29, 0.717) is 10.6 Å². The van der Waals surface area contributed by atoms with Crippen molar-refractivity contribution in [1.82, 2.24) is 0 Å². The number of hydrogen-bond acceptors (Lipinski definition) is 3. The van der Waals surface area contributed by atoms with E-state index in [-0.39, 0.29) is 0 Å². The molecule has 0 N–H and O–H groups in total. The summed E-state index contributed by atoms with van der Waals surface area (Å²) in [6.07, 6.45) is 0. The van der Waals surface area contributed by atoms with Crippen molar-refractivity contribution < 1.29 is 14.3 Å². The highest BCUT2D eigenvalue weighted by Crippen LogP contribution is 2.56. The van der Waals surface area contributed by atoms with Gasteiger partial charge in [0.05, 0.1) is 10.6 Å². The van der Waals surface area contributed by atoms with Crippen LogP contribution in [0.2, 0.25) is 0 Å². The lowest BCUT2D eigenvalue weighted by Crippen LogP contribution is -2.18. The van der Waals surface area contributed by atoms with Gasteiger partial charge < -0.3 is 4.74 Å². The monoisotopic (exact) mass is 466 g/mol. The zero-order valence-corrected chi connectivity index (χ0v) is 19.5. The average molecular weight is 466 g/mol. The molecule has 0 unspecified atom stereocenters. The molecule has 0 amide bonds. The van der Waals surface area contributed by atoms with Crippen molar-refractivity contribution in [3.8, 4) is 0 Å². The van der Waals surface area contributed by atoms with Crippen LogP contribution in [0.15, 0.2) is 132 Å². The van der Waals surface area contributed by atoms with Crippen LogP contribution in [-0.2, 0) is 14.3 Å². The molecule has 0 radical (unpaired) electrons. The minimum absolute atomic E-state index is 0.492. The molecule has 0 aliphatic carbocycles. The summed E-state index contributed by atoms with van der Waals surface area (Å²) in [4.78, 5) is 26.6. The molecule has 5 heteroatoms. The van der Waals surface area contributed by atoms with Gasteiger partial charge >= 0.3 is 11.9 Å². The summed E-state index contributed by atoms with van der Waals surface area (Å²) < 4.78 is 5.31. The SMILES string of the molecule is O=C1OC(=O)C(P(c2ccccc2)c2ccccc2)=C1P(c1ccccc1)c1ccccc1. The van der Waals surface area contributed by atoms with E-state index in [2.05, 4.69) is 0 Å². The molecular formula is C28H20O3P2. The number of carbonyl (C=O) groups excluding carboxylic acids is 2. The molecule has 5 rings (SSSR count). The molecule has 0 atom stereocenters. The van der Waals surface area contributed by atoms with Gasteiger partial charge in [0.1, 0.15) is 0 Å². The van der Waals surface area contributed by atoms with E-state index in [1.54, 1.807) is 0 Å². The Morgan fingerprint density at radius 1 is 0.394 bits per heavy atom. The molecule has 0 fully saturated rings. The molecule has 160 valence electrons. The lowest BCUT2D eigenvalue weighted by Gasteiger charge is -2.23. The van der Waals surface area contributed by atoms with Gasteiger partial charge in [0.15, 0.2) is 0 Å². The van der Waals surface area contributed by atoms with Crippen molar-refractivity contribution in [2.24, 2.45) is 0 Å². The summed E-state index contributed by atoms with van der Waals surface area (Å²) in [5.74, 6) is -1.07. The zero-order valence-electron chi connectivity index (χ0n) is 17.7. The summed E-state index contributed by atoms with van der Waals surface area (Å²) in [5, 5.41) is 5.02. The molecule has 1 heterocycles. The second-order valence-corrected chi connectivity index (χ2v) is 11.7. The minimum Gasteiger partial charge on any atom is -0.386 e. The molecule has 0 aromatic heterocycles. The van der Waals surface area contributed by atoms with E-state index in [1.165, 1.54) is 0 Å². The average Bonchev–Trinajstić information content (AvgIpc) is 3.15. The summed E-state index contributed by atoms with van der Waals surface area (Å²) in [7, 11) is -2.54. The fraction of sp³-hybridized carbons (Fsp3) is 0. The van der Waals surface area contributed by atoms with Crippen LogP contribution in [0.4, 0.5) is 0 Å². The summed E-state index contributed by atoms with van der Waals surface area (Å²) in [5.41, 5.74) is 0. The van der Waals surface area contributed by atoms with Gasteiger partial charge in [-0.1, -0.05) is 121 Å². The van der Waals surface area contributed by atoms with Crippen molar-refractivity contribution in [2.45, 2.75) is 0 Å².